The fourth-order valence-corrected chi connectivity index (χ4v) is 2.16. The Kier molecular flexibility index (Phi) is 5.88. The van der Waals surface area contributed by atoms with E-state index in [4.69, 9.17) is 15.2 Å². The maximum absolute atomic E-state index is 11.4. The van der Waals surface area contributed by atoms with E-state index in [0.717, 1.165) is 19.6 Å². The van der Waals surface area contributed by atoms with Crippen molar-refractivity contribution in [2.45, 2.75) is 45.4 Å². The van der Waals surface area contributed by atoms with Crippen LogP contribution in [0.5, 0.6) is 0 Å². The Bertz CT molecular complexity index is 238. The number of ether oxygens (including phenoxy) is 2. The van der Waals surface area contributed by atoms with Gasteiger partial charge in [-0.2, -0.15) is 0 Å². The number of morpholine rings is 1. The van der Waals surface area contributed by atoms with Gasteiger partial charge in [0.25, 0.3) is 0 Å². The average molecular weight is 244 g/mol. The molecule has 0 bridgehead atoms. The maximum atomic E-state index is 11.4. The minimum Gasteiger partial charge on any atom is -0.465 e. The topological polar surface area (TPSA) is 64.8 Å². The molecule has 0 aromatic heterocycles. The van der Waals surface area contributed by atoms with Gasteiger partial charge in [0.2, 0.25) is 0 Å². The zero-order valence-electron chi connectivity index (χ0n) is 11.0. The van der Waals surface area contributed by atoms with Crippen LogP contribution in [-0.4, -0.2) is 55.4 Å². The lowest BCUT2D eigenvalue weighted by atomic mass is 10.1. The zero-order chi connectivity index (χ0) is 12.8. The van der Waals surface area contributed by atoms with E-state index in [9.17, 15) is 4.79 Å². The average Bonchev–Trinajstić information content (AvgIpc) is 2.25. The summed E-state index contributed by atoms with van der Waals surface area (Å²) >= 11 is 0. The molecule has 0 aliphatic carbocycles. The van der Waals surface area contributed by atoms with Gasteiger partial charge in [-0.25, -0.2) is 0 Å². The summed E-state index contributed by atoms with van der Waals surface area (Å²) < 4.78 is 10.5. The third-order valence-corrected chi connectivity index (χ3v) is 2.84. The predicted molar refractivity (Wildman–Crippen MR) is 65.7 cm³/mol. The Morgan fingerprint density at radius 3 is 2.59 bits per heavy atom. The van der Waals surface area contributed by atoms with Gasteiger partial charge in [-0.3, -0.25) is 9.69 Å². The summed E-state index contributed by atoms with van der Waals surface area (Å²) in [6, 6.07) is -0.511. The molecule has 1 aliphatic rings. The van der Waals surface area contributed by atoms with Crippen LogP contribution >= 0.6 is 0 Å². The normalized spacial score (nSPS) is 27.8. The molecule has 0 aromatic rings. The highest BCUT2D eigenvalue weighted by atomic mass is 16.5. The van der Waals surface area contributed by atoms with Crippen molar-refractivity contribution in [3.8, 4) is 0 Å². The summed E-state index contributed by atoms with van der Waals surface area (Å²) in [4.78, 5) is 13.6. The van der Waals surface area contributed by atoms with E-state index in [1.807, 2.05) is 0 Å². The fraction of sp³-hybridized carbons (Fsp3) is 0.917. The number of esters is 1. The molecule has 3 atom stereocenters. The summed E-state index contributed by atoms with van der Waals surface area (Å²) in [6.07, 6.45) is 1.13. The van der Waals surface area contributed by atoms with Crippen LogP contribution in [0.2, 0.25) is 0 Å². The van der Waals surface area contributed by atoms with Gasteiger partial charge < -0.3 is 15.2 Å². The van der Waals surface area contributed by atoms with Gasteiger partial charge in [-0.05, 0) is 27.2 Å². The molecule has 5 heteroatoms. The summed E-state index contributed by atoms with van der Waals surface area (Å²) in [7, 11) is 0. The molecule has 2 N–H and O–H groups in total. The number of nitrogens with zero attached hydrogens (tertiary/aromatic N) is 1. The van der Waals surface area contributed by atoms with E-state index >= 15 is 0 Å². The monoisotopic (exact) mass is 244 g/mol. The van der Waals surface area contributed by atoms with Crippen molar-refractivity contribution in [3.05, 3.63) is 0 Å². The molecule has 0 aromatic carbocycles. The second-order valence-corrected chi connectivity index (χ2v) is 4.66. The summed E-state index contributed by atoms with van der Waals surface area (Å²) in [5.74, 6) is -0.304. The lowest BCUT2D eigenvalue weighted by Crippen LogP contribution is -2.47. The minimum absolute atomic E-state index is 0.248. The fourth-order valence-electron chi connectivity index (χ4n) is 2.16. The van der Waals surface area contributed by atoms with Crippen LogP contribution < -0.4 is 5.73 Å². The quantitative estimate of drug-likeness (QED) is 0.708. The highest BCUT2D eigenvalue weighted by molar-refractivity contribution is 5.75. The van der Waals surface area contributed by atoms with Crippen LogP contribution in [0.3, 0.4) is 0 Å². The Balaban J connectivity index is 2.27. The number of carbonyl (C=O) groups excluding carboxylic acids is 1. The van der Waals surface area contributed by atoms with E-state index < -0.39 is 6.04 Å². The van der Waals surface area contributed by atoms with E-state index in [-0.39, 0.29) is 18.2 Å². The standard InChI is InChI=1S/C12H24N2O3/c1-4-16-12(15)11(13)5-6-14-7-9(2)17-10(3)8-14/h9-11H,4-8,13H2,1-3H3/t9-,10+,11?. The Labute approximate surface area is 103 Å². The van der Waals surface area contributed by atoms with E-state index in [2.05, 4.69) is 18.7 Å². The first-order valence-electron chi connectivity index (χ1n) is 6.33. The van der Waals surface area contributed by atoms with Crippen molar-refractivity contribution in [2.24, 2.45) is 5.73 Å². The third kappa shape index (κ3) is 5.02. The highest BCUT2D eigenvalue weighted by Crippen LogP contribution is 2.11. The van der Waals surface area contributed by atoms with Crippen LogP contribution in [0, 0.1) is 0 Å². The SMILES string of the molecule is CCOC(=O)C(N)CCN1C[C@@H](C)O[C@@H](C)C1. The number of hydrogen-bond acceptors (Lipinski definition) is 5. The first kappa shape index (κ1) is 14.4. The minimum atomic E-state index is -0.511. The van der Waals surface area contributed by atoms with Crippen LogP contribution in [0.25, 0.3) is 0 Å². The summed E-state index contributed by atoms with van der Waals surface area (Å²) in [5, 5.41) is 0. The van der Waals surface area contributed by atoms with Crippen molar-refractivity contribution < 1.29 is 14.3 Å². The molecule has 1 heterocycles. The molecule has 0 radical (unpaired) electrons. The molecular formula is C12H24N2O3. The molecule has 1 saturated heterocycles. The number of hydrogen-bond donors (Lipinski definition) is 1. The molecule has 0 spiro atoms. The third-order valence-electron chi connectivity index (χ3n) is 2.84. The van der Waals surface area contributed by atoms with E-state index in [1.165, 1.54) is 0 Å². The van der Waals surface area contributed by atoms with Crippen molar-refractivity contribution in [1.29, 1.82) is 0 Å². The van der Waals surface area contributed by atoms with Gasteiger partial charge >= 0.3 is 5.97 Å². The molecule has 1 aliphatic heterocycles. The lowest BCUT2D eigenvalue weighted by molar-refractivity contribution is -0.145. The Morgan fingerprint density at radius 1 is 1.47 bits per heavy atom. The largest absolute Gasteiger partial charge is 0.465 e. The molecule has 17 heavy (non-hydrogen) atoms. The van der Waals surface area contributed by atoms with Gasteiger partial charge in [-0.1, -0.05) is 0 Å². The second kappa shape index (κ2) is 6.93. The smallest absolute Gasteiger partial charge is 0.322 e. The van der Waals surface area contributed by atoms with Gasteiger partial charge in [0.05, 0.1) is 18.8 Å². The first-order chi connectivity index (χ1) is 8.02. The van der Waals surface area contributed by atoms with Crippen molar-refractivity contribution in [3.63, 3.8) is 0 Å². The zero-order valence-corrected chi connectivity index (χ0v) is 11.0. The van der Waals surface area contributed by atoms with Crippen molar-refractivity contribution in [2.75, 3.05) is 26.2 Å². The number of nitrogens with two attached hydrogens (primary N) is 1. The van der Waals surface area contributed by atoms with Crippen LogP contribution in [-0.2, 0) is 14.3 Å². The molecule has 1 rings (SSSR count). The van der Waals surface area contributed by atoms with Crippen molar-refractivity contribution in [1.82, 2.24) is 4.90 Å². The van der Waals surface area contributed by atoms with Crippen LogP contribution in [0.4, 0.5) is 0 Å². The lowest BCUT2D eigenvalue weighted by Gasteiger charge is -2.35. The van der Waals surface area contributed by atoms with Crippen LogP contribution in [0.1, 0.15) is 27.2 Å². The predicted octanol–water partition coefficient (Wildman–Crippen LogP) is 0.376. The van der Waals surface area contributed by atoms with Crippen molar-refractivity contribution >= 4 is 5.97 Å². The molecule has 1 unspecified atom stereocenters. The first-order valence-corrected chi connectivity index (χ1v) is 6.33. The van der Waals surface area contributed by atoms with Gasteiger partial charge in [0, 0.05) is 19.6 Å². The second-order valence-electron chi connectivity index (χ2n) is 4.66. The van der Waals surface area contributed by atoms with Gasteiger partial charge in [0.1, 0.15) is 6.04 Å². The molecule has 100 valence electrons. The summed E-state index contributed by atoms with van der Waals surface area (Å²) in [6.45, 7) is 8.92. The molecule has 0 saturated carbocycles. The van der Waals surface area contributed by atoms with Gasteiger partial charge in [0.15, 0.2) is 0 Å². The van der Waals surface area contributed by atoms with E-state index in [0.29, 0.717) is 13.0 Å². The molecule has 0 amide bonds. The maximum Gasteiger partial charge on any atom is 0.322 e. The number of rotatable bonds is 5. The molecule has 1 fully saturated rings. The Hall–Kier alpha value is -0.650. The summed E-state index contributed by atoms with van der Waals surface area (Å²) in [5.41, 5.74) is 5.76. The van der Waals surface area contributed by atoms with Crippen LogP contribution in [0.15, 0.2) is 0 Å². The highest BCUT2D eigenvalue weighted by Gasteiger charge is 2.23. The molecular weight excluding hydrogens is 220 g/mol. The Morgan fingerprint density at radius 2 is 2.06 bits per heavy atom. The molecule has 5 nitrogen and oxygen atoms in total. The number of carbonyl (C=O) groups is 1. The van der Waals surface area contributed by atoms with E-state index in [1.54, 1.807) is 6.92 Å². The van der Waals surface area contributed by atoms with Gasteiger partial charge in [-0.15, -0.1) is 0 Å².